The minimum absolute atomic E-state index is 0.00565. The summed E-state index contributed by atoms with van der Waals surface area (Å²) < 4.78 is 5.61. The number of hydroxylamine groups is 1. The monoisotopic (exact) mass is 660 g/mol. The second-order valence-corrected chi connectivity index (χ2v) is 13.2. The average Bonchev–Trinajstić information content (AvgIpc) is 3.32. The van der Waals surface area contributed by atoms with Crippen molar-refractivity contribution in [3.8, 4) is 0 Å². The van der Waals surface area contributed by atoms with Crippen LogP contribution < -0.4 is 10.9 Å². The fourth-order valence-electron chi connectivity index (χ4n) is 5.91. The molecule has 3 atom stereocenters. The van der Waals surface area contributed by atoms with E-state index in [0.29, 0.717) is 30.6 Å². The highest BCUT2D eigenvalue weighted by atomic mass is 16.8. The number of benzene rings is 2. The van der Waals surface area contributed by atoms with Gasteiger partial charge in [-0.3, -0.25) is 39.3 Å². The third-order valence-electron chi connectivity index (χ3n) is 8.33. The Kier molecular flexibility index (Phi) is 13.5. The van der Waals surface area contributed by atoms with Gasteiger partial charge in [0.2, 0.25) is 17.7 Å². The second kappa shape index (κ2) is 17.7. The topological polar surface area (TPSA) is 134 Å². The third kappa shape index (κ3) is 10.1. The first-order valence-electron chi connectivity index (χ1n) is 16.9. The number of hydrazine groups is 1. The Morgan fingerprint density at radius 1 is 0.917 bits per heavy atom. The maximum atomic E-state index is 14.1. The molecule has 2 heterocycles. The first-order valence-corrected chi connectivity index (χ1v) is 16.9. The first kappa shape index (κ1) is 36.5. The number of nitrogens with one attached hydrogen (secondary N) is 2. The Hall–Kier alpha value is -4.35. The fraction of sp³-hybridized carbons (Fsp3) is 0.486. The van der Waals surface area contributed by atoms with Crippen molar-refractivity contribution < 1.29 is 33.5 Å². The quantitative estimate of drug-likeness (QED) is 0.200. The number of fused-ring (bicyclic) bond motifs is 1. The molecular formula is C37H48N4O7. The zero-order valence-electron chi connectivity index (χ0n) is 28.4. The predicted octanol–water partition coefficient (Wildman–Crippen LogP) is 5.14. The molecule has 1 saturated heterocycles. The van der Waals surface area contributed by atoms with Crippen LogP contribution in [0.15, 0.2) is 60.7 Å². The van der Waals surface area contributed by atoms with Gasteiger partial charge in [0.15, 0.2) is 6.29 Å². The van der Waals surface area contributed by atoms with E-state index in [-0.39, 0.29) is 37.8 Å². The van der Waals surface area contributed by atoms with Crippen LogP contribution in [-0.2, 0) is 24.0 Å². The molecule has 2 aliphatic heterocycles. The normalized spacial score (nSPS) is 17.5. The molecule has 5 amide bonds. The van der Waals surface area contributed by atoms with Crippen LogP contribution in [0.2, 0.25) is 0 Å². The highest BCUT2D eigenvalue weighted by molar-refractivity contribution is 6.21. The molecule has 48 heavy (non-hydrogen) atoms. The largest absolute Gasteiger partial charge is 0.350 e. The van der Waals surface area contributed by atoms with Gasteiger partial charge in [0.1, 0.15) is 0 Å². The molecule has 11 nitrogen and oxygen atoms in total. The molecule has 2 aliphatic rings. The van der Waals surface area contributed by atoms with Gasteiger partial charge in [-0.05, 0) is 55.2 Å². The van der Waals surface area contributed by atoms with Crippen LogP contribution in [-0.4, -0.2) is 65.4 Å². The van der Waals surface area contributed by atoms with Gasteiger partial charge in [-0.1, -0.05) is 82.3 Å². The van der Waals surface area contributed by atoms with E-state index in [1.165, 1.54) is 5.01 Å². The van der Waals surface area contributed by atoms with Gasteiger partial charge in [0.05, 0.1) is 23.0 Å². The van der Waals surface area contributed by atoms with Crippen molar-refractivity contribution in [2.24, 2.45) is 23.7 Å². The van der Waals surface area contributed by atoms with Crippen LogP contribution in [0, 0.1) is 23.7 Å². The maximum Gasteiger partial charge on any atom is 0.261 e. The number of carbonyl (C=O) groups excluding carboxylic acids is 5. The van der Waals surface area contributed by atoms with Crippen LogP contribution in [0.4, 0.5) is 0 Å². The SMILES string of the molecule is CC(C)C[C@@H](C(=O)NN(CC(C)C)C(=O)CCN1C(=O)c2ccccc2C1=O)[C@H](CC=Cc1ccccc1)C(=O)NOC1CCCCO1. The highest BCUT2D eigenvalue weighted by Gasteiger charge is 2.37. The lowest BCUT2D eigenvalue weighted by Crippen LogP contribution is -2.53. The molecule has 0 saturated carbocycles. The Bertz CT molecular complexity index is 1420. The molecule has 11 heteroatoms. The minimum atomic E-state index is -0.815. The molecule has 0 aromatic heterocycles. The van der Waals surface area contributed by atoms with Gasteiger partial charge >= 0.3 is 0 Å². The number of nitrogens with zero attached hydrogens (tertiary/aromatic N) is 2. The predicted molar refractivity (Wildman–Crippen MR) is 180 cm³/mol. The number of hydrogen-bond acceptors (Lipinski definition) is 7. The van der Waals surface area contributed by atoms with Crippen molar-refractivity contribution >= 4 is 35.6 Å². The van der Waals surface area contributed by atoms with Crippen molar-refractivity contribution in [1.29, 1.82) is 0 Å². The van der Waals surface area contributed by atoms with Gasteiger partial charge < -0.3 is 4.74 Å². The summed E-state index contributed by atoms with van der Waals surface area (Å²) in [5, 5.41) is 1.25. The molecule has 2 aromatic rings. The van der Waals surface area contributed by atoms with E-state index in [0.717, 1.165) is 23.3 Å². The Morgan fingerprint density at radius 3 is 2.19 bits per heavy atom. The molecule has 4 rings (SSSR count). The molecule has 0 bridgehead atoms. The van der Waals surface area contributed by atoms with E-state index in [1.807, 2.05) is 70.2 Å². The molecule has 0 spiro atoms. The van der Waals surface area contributed by atoms with Gasteiger partial charge in [-0.15, -0.1) is 0 Å². The fourth-order valence-corrected chi connectivity index (χ4v) is 5.91. The summed E-state index contributed by atoms with van der Waals surface area (Å²) in [6, 6.07) is 16.2. The van der Waals surface area contributed by atoms with E-state index in [1.54, 1.807) is 24.3 Å². The van der Waals surface area contributed by atoms with Crippen LogP contribution in [0.1, 0.15) is 92.5 Å². The van der Waals surface area contributed by atoms with Gasteiger partial charge in [-0.25, -0.2) is 10.3 Å². The summed E-state index contributed by atoms with van der Waals surface area (Å²) in [7, 11) is 0. The minimum Gasteiger partial charge on any atom is -0.350 e. The van der Waals surface area contributed by atoms with E-state index < -0.39 is 47.7 Å². The molecule has 0 aliphatic carbocycles. The molecular weight excluding hydrogens is 612 g/mol. The summed E-state index contributed by atoms with van der Waals surface area (Å²) in [5.41, 5.74) is 6.94. The number of carbonyl (C=O) groups is 5. The van der Waals surface area contributed by atoms with E-state index >= 15 is 0 Å². The Balaban J connectivity index is 1.50. The van der Waals surface area contributed by atoms with Crippen LogP contribution >= 0.6 is 0 Å². The lowest BCUT2D eigenvalue weighted by atomic mass is 9.82. The molecule has 2 aromatic carbocycles. The van der Waals surface area contributed by atoms with Gasteiger partial charge in [-0.2, -0.15) is 0 Å². The highest BCUT2D eigenvalue weighted by Crippen LogP contribution is 2.27. The van der Waals surface area contributed by atoms with E-state index in [9.17, 15) is 24.0 Å². The van der Waals surface area contributed by atoms with Crippen molar-refractivity contribution in [2.45, 2.75) is 72.5 Å². The lowest BCUT2D eigenvalue weighted by molar-refractivity contribution is -0.203. The molecule has 0 radical (unpaired) electrons. The van der Waals surface area contributed by atoms with Gasteiger partial charge in [0, 0.05) is 32.5 Å². The van der Waals surface area contributed by atoms with Crippen molar-refractivity contribution in [1.82, 2.24) is 20.8 Å². The van der Waals surface area contributed by atoms with Gasteiger partial charge in [0.25, 0.3) is 11.8 Å². The maximum absolute atomic E-state index is 14.1. The lowest BCUT2D eigenvalue weighted by Gasteiger charge is -2.31. The number of rotatable bonds is 15. The summed E-state index contributed by atoms with van der Waals surface area (Å²) in [4.78, 5) is 73.7. The Morgan fingerprint density at radius 2 is 1.58 bits per heavy atom. The summed E-state index contributed by atoms with van der Waals surface area (Å²) in [5.74, 6) is -3.83. The standard InChI is InChI=1S/C37H48N4O7/c1-25(2)23-31(28(18-12-15-27-13-6-5-7-14-27)35(44)39-48-33-19-10-11-22-47-33)34(43)38-41(24-26(3)4)32(42)20-21-40-36(45)29-16-8-9-17-30(29)37(40)46/h5-9,12-17,25-26,28,31,33H,10-11,18-24H2,1-4H3,(H,38,43)(H,39,44)/t28-,31+,33?/m0/s1. The molecule has 2 N–H and O–H groups in total. The zero-order valence-corrected chi connectivity index (χ0v) is 28.4. The van der Waals surface area contributed by atoms with Crippen molar-refractivity contribution in [2.75, 3.05) is 19.7 Å². The second-order valence-electron chi connectivity index (χ2n) is 13.2. The number of allylic oxidation sites excluding steroid dienone is 1. The molecule has 1 fully saturated rings. The number of amides is 5. The van der Waals surface area contributed by atoms with Crippen LogP contribution in [0.3, 0.4) is 0 Å². The van der Waals surface area contributed by atoms with Crippen LogP contribution in [0.25, 0.3) is 6.08 Å². The summed E-state index contributed by atoms with van der Waals surface area (Å²) in [6.07, 6.45) is 6.19. The summed E-state index contributed by atoms with van der Waals surface area (Å²) in [6.45, 7) is 8.40. The number of imide groups is 1. The molecule has 258 valence electrons. The van der Waals surface area contributed by atoms with E-state index in [2.05, 4.69) is 10.9 Å². The van der Waals surface area contributed by atoms with Crippen molar-refractivity contribution in [3.63, 3.8) is 0 Å². The zero-order chi connectivity index (χ0) is 34.6. The average molecular weight is 661 g/mol. The Labute approximate surface area is 282 Å². The number of hydrogen-bond donors (Lipinski definition) is 2. The number of ether oxygens (including phenoxy) is 1. The van der Waals surface area contributed by atoms with Crippen molar-refractivity contribution in [3.05, 3.63) is 77.4 Å². The third-order valence-corrected chi connectivity index (χ3v) is 8.33. The van der Waals surface area contributed by atoms with Crippen LogP contribution in [0.5, 0.6) is 0 Å². The molecule has 1 unspecified atom stereocenters. The summed E-state index contributed by atoms with van der Waals surface area (Å²) >= 11 is 0. The smallest absolute Gasteiger partial charge is 0.261 e. The van der Waals surface area contributed by atoms with E-state index in [4.69, 9.17) is 9.57 Å². The first-order chi connectivity index (χ1) is 23.0.